The van der Waals surface area contributed by atoms with Gasteiger partial charge in [0.25, 0.3) is 5.91 Å². The van der Waals surface area contributed by atoms with Crippen LogP contribution in [0.2, 0.25) is 0 Å². The van der Waals surface area contributed by atoms with Gasteiger partial charge in [-0.1, -0.05) is 12.1 Å². The molecule has 0 aliphatic rings. The molecule has 7 heteroatoms. The summed E-state index contributed by atoms with van der Waals surface area (Å²) in [4.78, 5) is 20.4. The van der Waals surface area contributed by atoms with Crippen molar-refractivity contribution in [3.63, 3.8) is 0 Å². The topological polar surface area (TPSA) is 90.7 Å². The lowest BCUT2D eigenvalue weighted by atomic mass is 10.1. The molecular formula is C20H16FN5O. The second kappa shape index (κ2) is 8.54. The molecule has 0 saturated carbocycles. The minimum atomic E-state index is -0.372. The van der Waals surface area contributed by atoms with Crippen LogP contribution in [-0.2, 0) is 6.42 Å². The molecule has 0 spiro atoms. The Morgan fingerprint density at radius 1 is 1.07 bits per heavy atom. The Balaban J connectivity index is 1.58. The Bertz CT molecular complexity index is 965. The van der Waals surface area contributed by atoms with Gasteiger partial charge in [-0.05, 0) is 48.4 Å². The smallest absolute Gasteiger partial charge is 0.274 e. The van der Waals surface area contributed by atoms with Crippen molar-refractivity contribution < 1.29 is 9.18 Å². The Labute approximate surface area is 155 Å². The van der Waals surface area contributed by atoms with E-state index in [4.69, 9.17) is 5.26 Å². The quantitative estimate of drug-likeness (QED) is 0.702. The van der Waals surface area contributed by atoms with Crippen molar-refractivity contribution >= 4 is 17.4 Å². The van der Waals surface area contributed by atoms with Crippen LogP contribution < -0.4 is 10.6 Å². The van der Waals surface area contributed by atoms with Crippen molar-refractivity contribution in [3.8, 4) is 6.07 Å². The summed E-state index contributed by atoms with van der Waals surface area (Å²) in [5.74, 6) is -0.110. The third kappa shape index (κ3) is 5.09. The van der Waals surface area contributed by atoms with Gasteiger partial charge >= 0.3 is 0 Å². The maximum Gasteiger partial charge on any atom is 0.274 e. The summed E-state index contributed by atoms with van der Waals surface area (Å²) in [6, 6.07) is 16.4. The van der Waals surface area contributed by atoms with Crippen molar-refractivity contribution in [3.05, 3.63) is 83.6 Å². The molecule has 0 aliphatic carbocycles. The second-order valence-corrected chi connectivity index (χ2v) is 5.74. The molecule has 3 rings (SSSR count). The van der Waals surface area contributed by atoms with E-state index in [1.807, 2.05) is 6.07 Å². The van der Waals surface area contributed by atoms with Gasteiger partial charge in [0.05, 0.1) is 11.6 Å². The van der Waals surface area contributed by atoms with Crippen LogP contribution in [0, 0.1) is 17.1 Å². The highest BCUT2D eigenvalue weighted by Crippen LogP contribution is 2.12. The van der Waals surface area contributed by atoms with E-state index in [9.17, 15) is 9.18 Å². The van der Waals surface area contributed by atoms with Gasteiger partial charge < -0.3 is 10.6 Å². The molecule has 0 fully saturated rings. The zero-order valence-corrected chi connectivity index (χ0v) is 14.3. The van der Waals surface area contributed by atoms with E-state index >= 15 is 0 Å². The number of carbonyl (C=O) groups is 1. The molecule has 1 heterocycles. The van der Waals surface area contributed by atoms with Gasteiger partial charge in [0.2, 0.25) is 0 Å². The third-order valence-corrected chi connectivity index (χ3v) is 3.80. The fraction of sp³-hybridized carbons (Fsp3) is 0.100. The van der Waals surface area contributed by atoms with E-state index in [-0.39, 0.29) is 17.4 Å². The molecule has 0 unspecified atom stereocenters. The molecule has 0 saturated heterocycles. The number of nitriles is 1. The van der Waals surface area contributed by atoms with Crippen LogP contribution in [0.4, 0.5) is 15.9 Å². The molecule has 2 aromatic carbocycles. The van der Waals surface area contributed by atoms with Crippen molar-refractivity contribution in [1.29, 1.82) is 5.26 Å². The van der Waals surface area contributed by atoms with E-state index in [0.29, 0.717) is 30.0 Å². The highest BCUT2D eigenvalue weighted by atomic mass is 19.1. The molecule has 1 amide bonds. The predicted octanol–water partition coefficient (Wildman–Crippen LogP) is 3.39. The number of anilines is 2. The first kappa shape index (κ1) is 18.0. The number of aromatic nitrogens is 2. The van der Waals surface area contributed by atoms with E-state index in [1.54, 1.807) is 42.5 Å². The molecule has 2 N–H and O–H groups in total. The lowest BCUT2D eigenvalue weighted by Crippen LogP contribution is -2.15. The summed E-state index contributed by atoms with van der Waals surface area (Å²) in [5, 5.41) is 14.6. The van der Waals surface area contributed by atoms with Gasteiger partial charge in [-0.3, -0.25) is 4.79 Å². The summed E-state index contributed by atoms with van der Waals surface area (Å²) in [6.45, 7) is 0.583. The van der Waals surface area contributed by atoms with Crippen LogP contribution in [0.5, 0.6) is 0 Å². The van der Waals surface area contributed by atoms with Crippen molar-refractivity contribution in [2.45, 2.75) is 6.42 Å². The molecular weight excluding hydrogens is 345 g/mol. The monoisotopic (exact) mass is 361 g/mol. The van der Waals surface area contributed by atoms with Gasteiger partial charge in [0, 0.05) is 18.3 Å². The van der Waals surface area contributed by atoms with E-state index in [0.717, 1.165) is 5.56 Å². The first-order valence-corrected chi connectivity index (χ1v) is 8.26. The molecule has 3 aromatic rings. The Morgan fingerprint density at radius 2 is 1.81 bits per heavy atom. The van der Waals surface area contributed by atoms with E-state index in [2.05, 4.69) is 20.6 Å². The van der Waals surface area contributed by atoms with Crippen molar-refractivity contribution in [2.24, 2.45) is 0 Å². The minimum Gasteiger partial charge on any atom is -0.370 e. The largest absolute Gasteiger partial charge is 0.370 e. The van der Waals surface area contributed by atoms with Crippen LogP contribution in [0.3, 0.4) is 0 Å². The number of halogens is 1. The lowest BCUT2D eigenvalue weighted by Gasteiger charge is -2.08. The first-order chi connectivity index (χ1) is 13.1. The standard InChI is InChI=1S/C20H16FN5O/c21-16-5-1-14(2-6-16)9-10-23-19-11-18(24-13-25-19)20(27)26-17-7-3-15(12-22)4-8-17/h1-8,11,13H,9-10H2,(H,26,27)(H,23,24,25). The number of rotatable bonds is 6. The van der Waals surface area contributed by atoms with Gasteiger partial charge in [0.15, 0.2) is 0 Å². The lowest BCUT2D eigenvalue weighted by molar-refractivity contribution is 0.102. The van der Waals surface area contributed by atoms with Crippen LogP contribution in [0.15, 0.2) is 60.9 Å². The second-order valence-electron chi connectivity index (χ2n) is 5.74. The number of carbonyl (C=O) groups excluding carboxylic acids is 1. The van der Waals surface area contributed by atoms with Crippen molar-refractivity contribution in [1.82, 2.24) is 9.97 Å². The number of hydrogen-bond acceptors (Lipinski definition) is 5. The SMILES string of the molecule is N#Cc1ccc(NC(=O)c2cc(NCCc3ccc(F)cc3)ncn2)cc1. The fourth-order valence-corrected chi connectivity index (χ4v) is 2.39. The maximum atomic E-state index is 12.9. The van der Waals surface area contributed by atoms with Crippen LogP contribution >= 0.6 is 0 Å². The zero-order valence-electron chi connectivity index (χ0n) is 14.3. The number of nitrogens with zero attached hydrogens (tertiary/aromatic N) is 3. The molecule has 27 heavy (non-hydrogen) atoms. The summed E-state index contributed by atoms with van der Waals surface area (Å²) in [6.07, 6.45) is 2.00. The maximum absolute atomic E-state index is 12.9. The molecule has 134 valence electrons. The first-order valence-electron chi connectivity index (χ1n) is 8.26. The highest BCUT2D eigenvalue weighted by Gasteiger charge is 2.09. The number of amides is 1. The van der Waals surface area contributed by atoms with E-state index in [1.165, 1.54) is 18.5 Å². The Morgan fingerprint density at radius 3 is 2.52 bits per heavy atom. The molecule has 0 atom stereocenters. The molecule has 0 aliphatic heterocycles. The van der Waals surface area contributed by atoms with Crippen LogP contribution in [-0.4, -0.2) is 22.4 Å². The molecule has 1 aromatic heterocycles. The number of hydrogen-bond donors (Lipinski definition) is 2. The molecule has 6 nitrogen and oxygen atoms in total. The fourth-order valence-electron chi connectivity index (χ4n) is 2.39. The molecule has 0 radical (unpaired) electrons. The van der Waals surface area contributed by atoms with Gasteiger partial charge in [0.1, 0.15) is 23.7 Å². The van der Waals surface area contributed by atoms with E-state index < -0.39 is 0 Å². The highest BCUT2D eigenvalue weighted by molar-refractivity contribution is 6.03. The van der Waals surface area contributed by atoms with Crippen molar-refractivity contribution in [2.75, 3.05) is 17.2 Å². The average molecular weight is 361 g/mol. The number of nitrogens with one attached hydrogen (secondary N) is 2. The summed E-state index contributed by atoms with van der Waals surface area (Å²) in [5.41, 5.74) is 2.31. The zero-order chi connectivity index (χ0) is 19.1. The predicted molar refractivity (Wildman–Crippen MR) is 99.7 cm³/mol. The third-order valence-electron chi connectivity index (χ3n) is 3.80. The van der Waals surface area contributed by atoms with Crippen LogP contribution in [0.25, 0.3) is 0 Å². The average Bonchev–Trinajstić information content (AvgIpc) is 2.70. The van der Waals surface area contributed by atoms with Gasteiger partial charge in [-0.15, -0.1) is 0 Å². The summed E-state index contributed by atoms with van der Waals surface area (Å²) in [7, 11) is 0. The van der Waals surface area contributed by atoms with Gasteiger partial charge in [-0.25, -0.2) is 14.4 Å². The summed E-state index contributed by atoms with van der Waals surface area (Å²) < 4.78 is 12.9. The Hall–Kier alpha value is -3.79. The normalized spacial score (nSPS) is 10.1. The minimum absolute atomic E-state index is 0.221. The number of benzene rings is 2. The Kier molecular flexibility index (Phi) is 5.70. The molecule has 0 bridgehead atoms. The van der Waals surface area contributed by atoms with Crippen LogP contribution in [0.1, 0.15) is 21.6 Å². The summed E-state index contributed by atoms with van der Waals surface area (Å²) >= 11 is 0. The van der Waals surface area contributed by atoms with Gasteiger partial charge in [-0.2, -0.15) is 5.26 Å².